The molecule has 0 amide bonds. The minimum atomic E-state index is -0.520. The first-order chi connectivity index (χ1) is 11.4. The number of ether oxygens (including phenoxy) is 1. The van der Waals surface area contributed by atoms with Crippen LogP contribution in [-0.2, 0) is 4.74 Å². The molecule has 3 aromatic rings. The molecule has 0 aliphatic rings. The minimum absolute atomic E-state index is 0.188. The number of methoxy groups -OCH3 is 1. The van der Waals surface area contributed by atoms with Gasteiger partial charge in [-0.25, -0.2) is 24.7 Å². The molecule has 3 heterocycles. The first kappa shape index (κ1) is 16.2. The van der Waals surface area contributed by atoms with Gasteiger partial charge in [-0.3, -0.25) is 0 Å². The summed E-state index contributed by atoms with van der Waals surface area (Å²) in [4.78, 5) is 32.0. The summed E-state index contributed by atoms with van der Waals surface area (Å²) in [5, 5.41) is 1.81. The van der Waals surface area contributed by atoms with Crippen LogP contribution in [0.1, 0.15) is 27.6 Å². The van der Waals surface area contributed by atoms with Gasteiger partial charge in [-0.1, -0.05) is 0 Å². The van der Waals surface area contributed by atoms with Gasteiger partial charge in [0.15, 0.2) is 10.9 Å². The molecule has 3 aromatic heterocycles. The van der Waals surface area contributed by atoms with E-state index in [0.717, 1.165) is 16.6 Å². The van der Waals surface area contributed by atoms with Crippen LogP contribution in [-0.4, -0.2) is 38.0 Å². The van der Waals surface area contributed by atoms with E-state index in [2.05, 4.69) is 24.9 Å². The third kappa shape index (κ3) is 2.90. The predicted molar refractivity (Wildman–Crippen MR) is 90.0 cm³/mol. The molecule has 0 saturated carbocycles. The van der Waals surface area contributed by atoms with E-state index in [4.69, 9.17) is 10.5 Å². The number of hydrogen-bond acceptors (Lipinski definition) is 8. The standard InChI is InChI=1S/C15H16N6O2S/c1-6-7(2)17-13-11(6)12(16)20-15(21-13)24-10-5-9(14(22)23-4)18-8(3)19-10/h5H,1-4H3,(H3,16,17,20,21). The highest BCUT2D eigenvalue weighted by Gasteiger charge is 2.15. The quantitative estimate of drug-likeness (QED) is 0.421. The normalized spacial score (nSPS) is 11.0. The Kier molecular flexibility index (Phi) is 4.10. The Morgan fingerprint density at radius 1 is 1.21 bits per heavy atom. The lowest BCUT2D eigenvalue weighted by Crippen LogP contribution is -2.07. The molecule has 124 valence electrons. The van der Waals surface area contributed by atoms with E-state index in [0.29, 0.717) is 27.5 Å². The average Bonchev–Trinajstić information content (AvgIpc) is 2.80. The minimum Gasteiger partial charge on any atom is -0.464 e. The summed E-state index contributed by atoms with van der Waals surface area (Å²) in [5.41, 5.74) is 8.96. The number of hydrogen-bond donors (Lipinski definition) is 2. The van der Waals surface area contributed by atoms with Gasteiger partial charge in [0, 0.05) is 11.8 Å². The predicted octanol–water partition coefficient (Wildman–Crippen LogP) is 2.19. The number of carbonyl (C=O) groups is 1. The van der Waals surface area contributed by atoms with Gasteiger partial charge in [0.05, 0.1) is 12.5 Å². The molecule has 0 spiro atoms. The molecular weight excluding hydrogens is 328 g/mol. The number of H-pyrrole nitrogens is 1. The highest BCUT2D eigenvalue weighted by molar-refractivity contribution is 7.99. The van der Waals surface area contributed by atoms with Crippen molar-refractivity contribution in [3.05, 3.63) is 28.8 Å². The van der Waals surface area contributed by atoms with Crippen molar-refractivity contribution in [2.24, 2.45) is 0 Å². The number of anilines is 1. The van der Waals surface area contributed by atoms with Crippen LogP contribution in [0, 0.1) is 20.8 Å². The molecule has 3 rings (SSSR count). The largest absolute Gasteiger partial charge is 0.464 e. The van der Waals surface area contributed by atoms with Crippen molar-refractivity contribution in [2.75, 3.05) is 12.8 Å². The van der Waals surface area contributed by atoms with Gasteiger partial charge < -0.3 is 15.5 Å². The lowest BCUT2D eigenvalue weighted by molar-refractivity contribution is 0.0593. The lowest BCUT2D eigenvalue weighted by atomic mass is 10.2. The first-order valence-electron chi connectivity index (χ1n) is 7.13. The molecule has 0 unspecified atom stereocenters. The van der Waals surface area contributed by atoms with Gasteiger partial charge in [-0.2, -0.15) is 0 Å². The Balaban J connectivity index is 2.01. The lowest BCUT2D eigenvalue weighted by Gasteiger charge is -2.05. The van der Waals surface area contributed by atoms with E-state index in [1.54, 1.807) is 13.0 Å². The second-order valence-corrected chi connectivity index (χ2v) is 6.21. The van der Waals surface area contributed by atoms with Crippen LogP contribution in [0.3, 0.4) is 0 Å². The smallest absolute Gasteiger partial charge is 0.356 e. The van der Waals surface area contributed by atoms with E-state index in [-0.39, 0.29) is 5.69 Å². The maximum Gasteiger partial charge on any atom is 0.356 e. The van der Waals surface area contributed by atoms with Crippen molar-refractivity contribution in [1.82, 2.24) is 24.9 Å². The van der Waals surface area contributed by atoms with Crippen LogP contribution in [0.2, 0.25) is 0 Å². The highest BCUT2D eigenvalue weighted by atomic mass is 32.2. The molecule has 24 heavy (non-hydrogen) atoms. The van der Waals surface area contributed by atoms with Gasteiger partial charge >= 0.3 is 5.97 Å². The Morgan fingerprint density at radius 2 is 1.96 bits per heavy atom. The summed E-state index contributed by atoms with van der Waals surface area (Å²) in [6, 6.07) is 1.54. The zero-order valence-electron chi connectivity index (χ0n) is 13.7. The summed E-state index contributed by atoms with van der Waals surface area (Å²) in [6.45, 7) is 5.63. The molecule has 0 saturated heterocycles. The van der Waals surface area contributed by atoms with E-state index >= 15 is 0 Å². The molecule has 0 fully saturated rings. The number of aromatic nitrogens is 5. The number of esters is 1. The summed E-state index contributed by atoms with van der Waals surface area (Å²) in [6.07, 6.45) is 0. The number of nitrogens with one attached hydrogen (secondary N) is 1. The number of rotatable bonds is 3. The fourth-order valence-electron chi connectivity index (χ4n) is 2.32. The molecule has 8 nitrogen and oxygen atoms in total. The number of aromatic amines is 1. The maximum atomic E-state index is 11.7. The number of fused-ring (bicyclic) bond motifs is 1. The monoisotopic (exact) mass is 344 g/mol. The SMILES string of the molecule is COC(=O)c1cc(Sc2nc(N)c3c(C)c(C)[nH]c3n2)nc(C)n1. The number of nitrogens with two attached hydrogens (primary N) is 1. The topological polar surface area (TPSA) is 120 Å². The van der Waals surface area contributed by atoms with Crippen molar-refractivity contribution in [3.8, 4) is 0 Å². The second kappa shape index (κ2) is 6.08. The van der Waals surface area contributed by atoms with Crippen LogP contribution >= 0.6 is 11.8 Å². The third-order valence-electron chi connectivity index (χ3n) is 3.56. The van der Waals surface area contributed by atoms with Crippen LogP contribution in [0.4, 0.5) is 5.82 Å². The van der Waals surface area contributed by atoms with Crippen molar-refractivity contribution >= 4 is 34.6 Å². The van der Waals surface area contributed by atoms with Gasteiger partial charge in [-0.15, -0.1) is 0 Å². The molecule has 0 radical (unpaired) electrons. The third-order valence-corrected chi connectivity index (χ3v) is 4.35. The zero-order valence-corrected chi connectivity index (χ0v) is 14.5. The highest BCUT2D eigenvalue weighted by Crippen LogP contribution is 2.29. The zero-order chi connectivity index (χ0) is 17.4. The maximum absolute atomic E-state index is 11.7. The van der Waals surface area contributed by atoms with Crippen molar-refractivity contribution in [2.45, 2.75) is 31.0 Å². The molecule has 0 aliphatic carbocycles. The summed E-state index contributed by atoms with van der Waals surface area (Å²) < 4.78 is 4.69. The van der Waals surface area contributed by atoms with Crippen molar-refractivity contribution < 1.29 is 9.53 Å². The molecule has 3 N–H and O–H groups in total. The number of nitrogens with zero attached hydrogens (tertiary/aromatic N) is 4. The van der Waals surface area contributed by atoms with E-state index < -0.39 is 5.97 Å². The van der Waals surface area contributed by atoms with Gasteiger partial charge in [-0.05, 0) is 38.1 Å². The summed E-state index contributed by atoms with van der Waals surface area (Å²) in [5.74, 6) is 0.346. The van der Waals surface area contributed by atoms with E-state index in [9.17, 15) is 4.79 Å². The Hall–Kier alpha value is -2.68. The summed E-state index contributed by atoms with van der Waals surface area (Å²) >= 11 is 1.21. The van der Waals surface area contributed by atoms with Crippen LogP contribution in [0.5, 0.6) is 0 Å². The first-order valence-corrected chi connectivity index (χ1v) is 7.95. The molecule has 0 aromatic carbocycles. The van der Waals surface area contributed by atoms with Crippen LogP contribution in [0.15, 0.2) is 16.2 Å². The number of nitrogen functional groups attached to an aromatic ring is 1. The van der Waals surface area contributed by atoms with Crippen molar-refractivity contribution in [3.63, 3.8) is 0 Å². The Bertz CT molecular complexity index is 953. The molecule has 0 atom stereocenters. The second-order valence-electron chi connectivity index (χ2n) is 5.22. The van der Waals surface area contributed by atoms with Gasteiger partial charge in [0.25, 0.3) is 0 Å². The van der Waals surface area contributed by atoms with Crippen molar-refractivity contribution in [1.29, 1.82) is 0 Å². The van der Waals surface area contributed by atoms with E-state index in [1.807, 2.05) is 13.8 Å². The van der Waals surface area contributed by atoms with Crippen LogP contribution < -0.4 is 5.73 Å². The van der Waals surface area contributed by atoms with E-state index in [1.165, 1.54) is 18.9 Å². The van der Waals surface area contributed by atoms with Crippen LogP contribution in [0.25, 0.3) is 11.0 Å². The Morgan fingerprint density at radius 3 is 2.67 bits per heavy atom. The number of aryl methyl sites for hydroxylation is 3. The fourth-order valence-corrected chi connectivity index (χ4v) is 3.13. The summed E-state index contributed by atoms with van der Waals surface area (Å²) in [7, 11) is 1.31. The average molecular weight is 344 g/mol. The molecule has 0 bridgehead atoms. The fraction of sp³-hybridized carbons (Fsp3) is 0.267. The molecule has 0 aliphatic heterocycles. The number of carbonyl (C=O) groups excluding carboxylic acids is 1. The Labute approximate surface area is 142 Å². The van der Waals surface area contributed by atoms with Gasteiger partial charge in [0.1, 0.15) is 22.3 Å². The molecular formula is C15H16N6O2S. The van der Waals surface area contributed by atoms with Gasteiger partial charge in [0.2, 0.25) is 0 Å². The molecule has 9 heteroatoms.